The molecule has 0 N–H and O–H groups in total. The highest BCUT2D eigenvalue weighted by Gasteiger charge is 2.32. The van der Waals surface area contributed by atoms with Gasteiger partial charge < -0.3 is 22.2 Å². The predicted molar refractivity (Wildman–Crippen MR) is 65.7 cm³/mol. The number of nitrogens with zero attached hydrogens (tertiary/aromatic N) is 1. The molecule has 0 aromatic heterocycles. The lowest BCUT2D eigenvalue weighted by atomic mass is 10.2. The summed E-state index contributed by atoms with van der Waals surface area (Å²) in [5, 5.41) is 0. The Morgan fingerprint density at radius 3 is 1.94 bits per heavy atom. The number of likely N-dealkylation sites (tertiary alicyclic amines) is 1. The zero-order chi connectivity index (χ0) is 13.5. The molecule has 1 fully saturated rings. The molecule has 1 heterocycles. The summed E-state index contributed by atoms with van der Waals surface area (Å²) in [5.74, 6) is 0.790. The second-order valence-corrected chi connectivity index (χ2v) is 5.48. The minimum Gasteiger partial charge on any atom is -0.435 e. The van der Waals surface area contributed by atoms with Crippen LogP contribution >= 0.6 is 11.5 Å². The van der Waals surface area contributed by atoms with Crippen LogP contribution in [0.1, 0.15) is 26.7 Å². The van der Waals surface area contributed by atoms with Gasteiger partial charge in [0.05, 0.1) is 19.6 Å². The molecule has 0 saturated carbocycles. The maximum atomic E-state index is 10.2. The quantitative estimate of drug-likeness (QED) is 0.564. The summed E-state index contributed by atoms with van der Waals surface area (Å²) >= 11 is 3.59. The highest BCUT2D eigenvalue weighted by molar-refractivity contribution is 7.08. The van der Waals surface area contributed by atoms with E-state index in [9.17, 15) is 12.9 Å². The molecule has 0 aromatic rings. The first kappa shape index (κ1) is 17.1. The third kappa shape index (κ3) is 9.74. The third-order valence-corrected chi connectivity index (χ3v) is 2.67. The maximum absolute atomic E-state index is 10.2. The Labute approximate surface area is 107 Å². The molecule has 1 saturated heterocycles. The number of halogens is 4. The van der Waals surface area contributed by atoms with Gasteiger partial charge in [-0.25, -0.2) is 0 Å². The molecule has 1 aliphatic heterocycles. The Bertz CT molecular complexity index is 202. The van der Waals surface area contributed by atoms with E-state index in [4.69, 9.17) is 4.74 Å². The summed E-state index contributed by atoms with van der Waals surface area (Å²) in [6.45, 7) is 9.45. The molecule has 17 heavy (non-hydrogen) atoms. The molecule has 0 aliphatic carbocycles. The lowest BCUT2D eigenvalue weighted by Gasteiger charge is -2.34. The highest BCUT2D eigenvalue weighted by atomic mass is 35.5. The van der Waals surface area contributed by atoms with Crippen molar-refractivity contribution in [3.8, 4) is 0 Å². The summed E-state index contributed by atoms with van der Waals surface area (Å²) in [4.78, 5) is 0. The fourth-order valence-corrected chi connectivity index (χ4v) is 2.42. The molecule has 1 rings (SSSR count). The Morgan fingerprint density at radius 1 is 1.24 bits per heavy atom. The standard InChI is InChI=1S/C10H22NO.BClF3/c1-10(2)8-11(9-12-3)6-4-5-7-11;2-1(3,4)5/h10H,4-9H2,1-3H3;/q+1;-1. The Balaban J connectivity index is 0.000000437. The van der Waals surface area contributed by atoms with Gasteiger partial charge in [-0.3, -0.25) is 11.5 Å². The average Bonchev–Trinajstić information content (AvgIpc) is 2.49. The van der Waals surface area contributed by atoms with E-state index in [2.05, 4.69) is 25.3 Å². The molecule has 0 unspecified atom stereocenters. The number of hydrogen-bond acceptors (Lipinski definition) is 1. The van der Waals surface area contributed by atoms with E-state index in [1.807, 2.05) is 7.11 Å². The van der Waals surface area contributed by atoms with Crippen LogP contribution in [0.25, 0.3) is 0 Å². The number of quaternary nitrogens is 1. The van der Waals surface area contributed by atoms with E-state index >= 15 is 0 Å². The Morgan fingerprint density at radius 2 is 1.65 bits per heavy atom. The van der Waals surface area contributed by atoms with Crippen molar-refractivity contribution >= 4 is 17.9 Å². The van der Waals surface area contributed by atoms with E-state index in [-0.39, 0.29) is 0 Å². The van der Waals surface area contributed by atoms with Crippen LogP contribution in [0, 0.1) is 5.92 Å². The second-order valence-electron chi connectivity index (χ2n) is 4.99. The van der Waals surface area contributed by atoms with Gasteiger partial charge in [-0.1, -0.05) is 13.8 Å². The maximum Gasteiger partial charge on any atom is 0.576 e. The van der Waals surface area contributed by atoms with E-state index in [1.54, 1.807) is 0 Å². The minimum atomic E-state index is -5.03. The van der Waals surface area contributed by atoms with Gasteiger partial charge >= 0.3 is 6.39 Å². The van der Waals surface area contributed by atoms with Crippen LogP contribution in [0.4, 0.5) is 12.9 Å². The molecule has 0 aromatic carbocycles. The van der Waals surface area contributed by atoms with Gasteiger partial charge in [-0.15, -0.1) is 0 Å². The van der Waals surface area contributed by atoms with Crippen LogP contribution < -0.4 is 0 Å². The van der Waals surface area contributed by atoms with Crippen molar-refractivity contribution in [1.29, 1.82) is 0 Å². The van der Waals surface area contributed by atoms with Crippen molar-refractivity contribution in [1.82, 2.24) is 0 Å². The number of methoxy groups -OCH3 is 1. The van der Waals surface area contributed by atoms with Crippen LogP contribution in [-0.4, -0.2) is 44.4 Å². The first-order valence-corrected chi connectivity index (χ1v) is 6.33. The number of rotatable bonds is 4. The number of ether oxygens (including phenoxy) is 1. The van der Waals surface area contributed by atoms with Gasteiger partial charge in [0, 0.05) is 25.9 Å². The van der Waals surface area contributed by atoms with Crippen molar-refractivity contribution in [2.45, 2.75) is 26.7 Å². The van der Waals surface area contributed by atoms with E-state index in [0.717, 1.165) is 12.6 Å². The zero-order valence-corrected chi connectivity index (χ0v) is 11.5. The van der Waals surface area contributed by atoms with Gasteiger partial charge in [-0.05, 0) is 0 Å². The summed E-state index contributed by atoms with van der Waals surface area (Å²) in [6.07, 6.45) is -2.26. The molecule has 0 amide bonds. The molecule has 0 atom stereocenters. The van der Waals surface area contributed by atoms with Crippen LogP contribution in [0.2, 0.25) is 0 Å². The zero-order valence-electron chi connectivity index (χ0n) is 10.8. The molecule has 0 spiro atoms. The molecule has 7 heteroatoms. The first-order valence-electron chi connectivity index (χ1n) is 5.90. The summed E-state index contributed by atoms with van der Waals surface area (Å²) in [6, 6.07) is 0. The largest absolute Gasteiger partial charge is 0.576 e. The van der Waals surface area contributed by atoms with Crippen molar-refractivity contribution < 1.29 is 22.2 Å². The van der Waals surface area contributed by atoms with Gasteiger partial charge in [0.1, 0.15) is 0 Å². The molecular formula is C10H22BClF3NO. The van der Waals surface area contributed by atoms with Crippen LogP contribution in [0.3, 0.4) is 0 Å². The van der Waals surface area contributed by atoms with Crippen LogP contribution in [0.5, 0.6) is 0 Å². The normalized spacial score (nSPS) is 19.1. The lowest BCUT2D eigenvalue weighted by molar-refractivity contribution is -0.937. The molecule has 0 radical (unpaired) electrons. The van der Waals surface area contributed by atoms with Crippen LogP contribution in [-0.2, 0) is 4.74 Å². The van der Waals surface area contributed by atoms with Crippen molar-refractivity contribution in [3.63, 3.8) is 0 Å². The highest BCUT2D eigenvalue weighted by Crippen LogP contribution is 2.21. The molecule has 1 aliphatic rings. The molecule has 104 valence electrons. The molecular weight excluding hydrogens is 253 g/mol. The van der Waals surface area contributed by atoms with E-state index < -0.39 is 6.39 Å². The van der Waals surface area contributed by atoms with Crippen molar-refractivity contribution in [2.75, 3.05) is 33.5 Å². The topological polar surface area (TPSA) is 9.23 Å². The van der Waals surface area contributed by atoms with Gasteiger partial charge in [0.2, 0.25) is 0 Å². The van der Waals surface area contributed by atoms with Crippen molar-refractivity contribution in [2.24, 2.45) is 5.92 Å². The Kier molecular flexibility index (Phi) is 7.52. The van der Waals surface area contributed by atoms with E-state index in [0.29, 0.717) is 0 Å². The van der Waals surface area contributed by atoms with Gasteiger partial charge in [-0.2, -0.15) is 0 Å². The second kappa shape index (κ2) is 7.49. The number of hydrogen-bond donors (Lipinski definition) is 0. The summed E-state index contributed by atoms with van der Waals surface area (Å²) in [5.41, 5.74) is 0. The summed E-state index contributed by atoms with van der Waals surface area (Å²) in [7, 11) is 1.82. The van der Waals surface area contributed by atoms with Gasteiger partial charge in [0.25, 0.3) is 0 Å². The fraction of sp³-hybridized carbons (Fsp3) is 1.00. The first-order chi connectivity index (χ1) is 7.68. The molecule has 2 nitrogen and oxygen atoms in total. The average molecular weight is 276 g/mol. The lowest BCUT2D eigenvalue weighted by Crippen LogP contribution is -2.48. The SMILES string of the molecule is COC[N+]1(CC(C)C)CCCC1.F[B-](F)(F)Cl. The predicted octanol–water partition coefficient (Wildman–Crippen LogP) is 3.43. The molecule has 0 bridgehead atoms. The van der Waals surface area contributed by atoms with Crippen molar-refractivity contribution in [3.05, 3.63) is 0 Å². The Hall–Kier alpha value is 0.0649. The fourth-order valence-electron chi connectivity index (χ4n) is 2.42. The monoisotopic (exact) mass is 275 g/mol. The smallest absolute Gasteiger partial charge is 0.435 e. The minimum absolute atomic E-state index is 0.790. The summed E-state index contributed by atoms with van der Waals surface area (Å²) < 4.78 is 37.1. The van der Waals surface area contributed by atoms with Crippen LogP contribution in [0.15, 0.2) is 0 Å². The van der Waals surface area contributed by atoms with E-state index in [1.165, 1.54) is 37.0 Å². The third-order valence-electron chi connectivity index (χ3n) is 2.67. The van der Waals surface area contributed by atoms with Gasteiger partial charge in [0.15, 0.2) is 6.73 Å².